The molecule has 4 nitrogen and oxygen atoms in total. The lowest BCUT2D eigenvalue weighted by Crippen LogP contribution is -2.19. The van der Waals surface area contributed by atoms with Gasteiger partial charge >= 0.3 is 6.09 Å². The number of amides is 1. The van der Waals surface area contributed by atoms with Gasteiger partial charge in [0.05, 0.1) is 0 Å². The zero-order chi connectivity index (χ0) is 13.0. The van der Waals surface area contributed by atoms with Gasteiger partial charge in [-0.3, -0.25) is 0 Å². The highest BCUT2D eigenvalue weighted by molar-refractivity contribution is 5.67. The van der Waals surface area contributed by atoms with E-state index in [0.717, 1.165) is 16.7 Å². The van der Waals surface area contributed by atoms with Gasteiger partial charge in [0.1, 0.15) is 5.75 Å². The van der Waals surface area contributed by atoms with Crippen LogP contribution in [0.3, 0.4) is 0 Å². The van der Waals surface area contributed by atoms with Crippen molar-refractivity contribution in [2.75, 3.05) is 0 Å². The molecule has 0 spiro atoms. The average molecular weight is 243 g/mol. The predicted molar refractivity (Wildman–Crippen MR) is 68.4 cm³/mol. The Hall–Kier alpha value is -2.49. The summed E-state index contributed by atoms with van der Waals surface area (Å²) in [4.78, 5) is 10.4. The number of phenolic OH excluding ortho intramolecular Hbond substituents is 1. The maximum Gasteiger partial charge on any atom is 0.404 e. The summed E-state index contributed by atoms with van der Waals surface area (Å²) in [7, 11) is 0. The zero-order valence-corrected chi connectivity index (χ0v) is 9.63. The number of aromatic hydroxyl groups is 1. The van der Waals surface area contributed by atoms with E-state index in [0.29, 0.717) is 0 Å². The lowest BCUT2D eigenvalue weighted by Gasteiger charge is -2.06. The molecule has 2 aromatic rings. The minimum absolute atomic E-state index is 0.210. The Morgan fingerprint density at radius 2 is 1.72 bits per heavy atom. The summed E-state index contributed by atoms with van der Waals surface area (Å²) in [6, 6.07) is 14.5. The third kappa shape index (κ3) is 3.01. The van der Waals surface area contributed by atoms with Gasteiger partial charge in [0, 0.05) is 6.54 Å². The number of nitrogens with one attached hydrogen (secondary N) is 1. The molecule has 0 saturated heterocycles. The summed E-state index contributed by atoms with van der Waals surface area (Å²) < 4.78 is 0. The van der Waals surface area contributed by atoms with Gasteiger partial charge in [-0.1, -0.05) is 30.3 Å². The van der Waals surface area contributed by atoms with Crippen LogP contribution in [0.15, 0.2) is 48.5 Å². The Labute approximate surface area is 105 Å². The summed E-state index contributed by atoms with van der Waals surface area (Å²) in [6.45, 7) is 0.266. The first-order valence-corrected chi connectivity index (χ1v) is 5.50. The third-order valence-corrected chi connectivity index (χ3v) is 2.55. The van der Waals surface area contributed by atoms with Crippen molar-refractivity contribution in [2.24, 2.45) is 0 Å². The van der Waals surface area contributed by atoms with Gasteiger partial charge < -0.3 is 15.5 Å². The van der Waals surface area contributed by atoms with E-state index in [9.17, 15) is 9.90 Å². The van der Waals surface area contributed by atoms with Crippen molar-refractivity contribution in [3.05, 3.63) is 54.1 Å². The van der Waals surface area contributed by atoms with Crippen LogP contribution >= 0.6 is 0 Å². The second-order valence-electron chi connectivity index (χ2n) is 3.91. The summed E-state index contributed by atoms with van der Waals surface area (Å²) in [5, 5.41) is 20.3. The molecule has 0 heterocycles. The van der Waals surface area contributed by atoms with Gasteiger partial charge in [0.25, 0.3) is 0 Å². The maximum atomic E-state index is 10.4. The molecule has 0 saturated carbocycles. The first kappa shape index (κ1) is 12.0. The van der Waals surface area contributed by atoms with E-state index in [4.69, 9.17) is 5.11 Å². The van der Waals surface area contributed by atoms with Crippen molar-refractivity contribution in [1.29, 1.82) is 0 Å². The molecule has 18 heavy (non-hydrogen) atoms. The third-order valence-electron chi connectivity index (χ3n) is 2.55. The Morgan fingerprint density at radius 3 is 2.39 bits per heavy atom. The first-order chi connectivity index (χ1) is 8.65. The molecule has 0 aliphatic carbocycles. The van der Waals surface area contributed by atoms with Gasteiger partial charge in [0.15, 0.2) is 0 Å². The fourth-order valence-electron chi connectivity index (χ4n) is 1.72. The molecule has 0 aliphatic heterocycles. The standard InChI is InChI=1S/C14H13NO3/c16-13-6-2-5-12(8-13)11-4-1-3-10(7-11)9-15-14(17)18/h1-8,15-16H,9H2,(H,17,18). The van der Waals surface area contributed by atoms with E-state index >= 15 is 0 Å². The molecule has 92 valence electrons. The Balaban J connectivity index is 2.24. The highest BCUT2D eigenvalue weighted by atomic mass is 16.4. The SMILES string of the molecule is O=C(O)NCc1cccc(-c2cccc(O)c2)c1. The van der Waals surface area contributed by atoms with Gasteiger partial charge in [-0.2, -0.15) is 0 Å². The van der Waals surface area contributed by atoms with E-state index in [1.807, 2.05) is 30.3 Å². The van der Waals surface area contributed by atoms with Crippen molar-refractivity contribution in [3.8, 4) is 16.9 Å². The molecule has 2 rings (SSSR count). The monoisotopic (exact) mass is 243 g/mol. The molecule has 1 amide bonds. The normalized spacial score (nSPS) is 10.0. The number of carbonyl (C=O) groups is 1. The second-order valence-corrected chi connectivity index (χ2v) is 3.91. The number of benzene rings is 2. The maximum absolute atomic E-state index is 10.4. The molecule has 4 heteroatoms. The molecule has 0 fully saturated rings. The Kier molecular flexibility index (Phi) is 3.48. The molecule has 2 aromatic carbocycles. The van der Waals surface area contributed by atoms with Crippen LogP contribution < -0.4 is 5.32 Å². The van der Waals surface area contributed by atoms with Crippen LogP contribution in [-0.4, -0.2) is 16.3 Å². The Morgan fingerprint density at radius 1 is 1.06 bits per heavy atom. The fraction of sp³-hybridized carbons (Fsp3) is 0.0714. The van der Waals surface area contributed by atoms with Crippen molar-refractivity contribution >= 4 is 6.09 Å². The van der Waals surface area contributed by atoms with Crippen LogP contribution in [0.5, 0.6) is 5.75 Å². The average Bonchev–Trinajstić information content (AvgIpc) is 2.37. The van der Waals surface area contributed by atoms with E-state index in [2.05, 4.69) is 5.32 Å². The van der Waals surface area contributed by atoms with Gasteiger partial charge in [-0.05, 0) is 34.9 Å². The largest absolute Gasteiger partial charge is 0.508 e. The van der Waals surface area contributed by atoms with Crippen molar-refractivity contribution < 1.29 is 15.0 Å². The summed E-state index contributed by atoms with van der Waals surface area (Å²) in [5.41, 5.74) is 2.71. The lowest BCUT2D eigenvalue weighted by atomic mass is 10.0. The second kappa shape index (κ2) is 5.23. The zero-order valence-electron chi connectivity index (χ0n) is 9.63. The quantitative estimate of drug-likeness (QED) is 0.776. The van der Waals surface area contributed by atoms with E-state index in [-0.39, 0.29) is 12.3 Å². The van der Waals surface area contributed by atoms with Crippen molar-refractivity contribution in [2.45, 2.75) is 6.54 Å². The molecule has 0 radical (unpaired) electrons. The minimum Gasteiger partial charge on any atom is -0.508 e. The van der Waals surface area contributed by atoms with Crippen LogP contribution in [0.1, 0.15) is 5.56 Å². The van der Waals surface area contributed by atoms with Crippen LogP contribution in [-0.2, 0) is 6.54 Å². The highest BCUT2D eigenvalue weighted by Gasteiger charge is 2.01. The molecule has 0 atom stereocenters. The molecule has 0 aliphatic rings. The summed E-state index contributed by atoms with van der Waals surface area (Å²) in [5.74, 6) is 0.210. The van der Waals surface area contributed by atoms with Gasteiger partial charge in [0.2, 0.25) is 0 Å². The highest BCUT2D eigenvalue weighted by Crippen LogP contribution is 2.23. The first-order valence-electron chi connectivity index (χ1n) is 5.50. The van der Waals surface area contributed by atoms with E-state index in [1.54, 1.807) is 18.2 Å². The predicted octanol–water partition coefficient (Wildman–Crippen LogP) is 2.83. The van der Waals surface area contributed by atoms with Crippen LogP contribution in [0, 0.1) is 0 Å². The Bertz CT molecular complexity index is 566. The number of carboxylic acid groups (broad SMARTS) is 1. The number of phenols is 1. The van der Waals surface area contributed by atoms with Crippen LogP contribution in [0.25, 0.3) is 11.1 Å². The number of rotatable bonds is 3. The molecule has 3 N–H and O–H groups in total. The molecule has 0 aromatic heterocycles. The topological polar surface area (TPSA) is 69.6 Å². The number of hydrogen-bond donors (Lipinski definition) is 3. The lowest BCUT2D eigenvalue weighted by molar-refractivity contribution is 0.194. The molecular weight excluding hydrogens is 230 g/mol. The summed E-state index contributed by atoms with van der Waals surface area (Å²) in [6.07, 6.45) is -1.04. The van der Waals surface area contributed by atoms with Crippen molar-refractivity contribution in [3.63, 3.8) is 0 Å². The van der Waals surface area contributed by atoms with Gasteiger partial charge in [-0.15, -0.1) is 0 Å². The molecule has 0 bridgehead atoms. The number of hydrogen-bond acceptors (Lipinski definition) is 2. The van der Waals surface area contributed by atoms with E-state index in [1.165, 1.54) is 0 Å². The van der Waals surface area contributed by atoms with Crippen LogP contribution in [0.4, 0.5) is 4.79 Å². The van der Waals surface area contributed by atoms with Gasteiger partial charge in [-0.25, -0.2) is 4.79 Å². The fourth-order valence-corrected chi connectivity index (χ4v) is 1.72. The van der Waals surface area contributed by atoms with Crippen molar-refractivity contribution in [1.82, 2.24) is 5.32 Å². The molecule has 0 unspecified atom stereocenters. The summed E-state index contributed by atoms with van der Waals surface area (Å²) >= 11 is 0. The van der Waals surface area contributed by atoms with E-state index < -0.39 is 6.09 Å². The smallest absolute Gasteiger partial charge is 0.404 e. The van der Waals surface area contributed by atoms with Crippen LogP contribution in [0.2, 0.25) is 0 Å². The molecular formula is C14H13NO3. The minimum atomic E-state index is -1.04.